The van der Waals surface area contributed by atoms with Gasteiger partial charge < -0.3 is 19.9 Å². The van der Waals surface area contributed by atoms with Crippen LogP contribution in [0.2, 0.25) is 0 Å². The Balaban J connectivity index is 1.54. The fourth-order valence-corrected chi connectivity index (χ4v) is 4.74. The number of rotatable bonds is 6. The van der Waals surface area contributed by atoms with Gasteiger partial charge >= 0.3 is 0 Å². The van der Waals surface area contributed by atoms with Crippen molar-refractivity contribution in [1.29, 1.82) is 0 Å². The van der Waals surface area contributed by atoms with Gasteiger partial charge in [-0.2, -0.15) is 0 Å². The summed E-state index contributed by atoms with van der Waals surface area (Å²) in [5.74, 6) is 0.843. The highest BCUT2D eigenvalue weighted by Gasteiger charge is 2.30. The van der Waals surface area contributed by atoms with E-state index in [-0.39, 0.29) is 18.4 Å². The second kappa shape index (κ2) is 8.45. The topological polar surface area (TPSA) is 80.8 Å². The first-order valence-electron chi connectivity index (χ1n) is 10.5. The van der Waals surface area contributed by atoms with E-state index >= 15 is 0 Å². The average Bonchev–Trinajstić information content (AvgIpc) is 3.36. The highest BCUT2D eigenvalue weighted by Crippen LogP contribution is 2.29. The predicted molar refractivity (Wildman–Crippen MR) is 111 cm³/mol. The maximum atomic E-state index is 12.8. The van der Waals surface area contributed by atoms with Gasteiger partial charge in [0.1, 0.15) is 12.3 Å². The molecule has 4 rings (SSSR count). The minimum atomic E-state index is -0.362. The lowest BCUT2D eigenvalue weighted by molar-refractivity contribution is -0.136. The molecule has 1 aromatic carbocycles. The van der Waals surface area contributed by atoms with Gasteiger partial charge in [0.15, 0.2) is 0 Å². The summed E-state index contributed by atoms with van der Waals surface area (Å²) in [6.07, 6.45) is 6.28. The first-order chi connectivity index (χ1) is 14.0. The first kappa shape index (κ1) is 19.8. The number of benzene rings is 1. The van der Waals surface area contributed by atoms with Gasteiger partial charge in [-0.25, -0.2) is 0 Å². The van der Waals surface area contributed by atoms with Crippen LogP contribution in [-0.4, -0.2) is 59.5 Å². The summed E-state index contributed by atoms with van der Waals surface area (Å²) in [5, 5.41) is 1.07. The Morgan fingerprint density at radius 1 is 1.17 bits per heavy atom. The molecule has 156 valence electrons. The van der Waals surface area contributed by atoms with Gasteiger partial charge in [-0.1, -0.05) is 0 Å². The van der Waals surface area contributed by atoms with Gasteiger partial charge in [0, 0.05) is 43.3 Å². The van der Waals surface area contributed by atoms with Crippen molar-refractivity contribution in [2.75, 3.05) is 33.3 Å². The number of nitrogens with two attached hydrogens (primary N) is 1. The smallest absolute Gasteiger partial charge is 0.237 e. The van der Waals surface area contributed by atoms with Crippen LogP contribution in [0, 0.1) is 5.92 Å². The monoisotopic (exact) mass is 398 g/mol. The van der Waals surface area contributed by atoms with E-state index < -0.39 is 0 Å². The van der Waals surface area contributed by atoms with Gasteiger partial charge in [-0.05, 0) is 56.0 Å². The van der Waals surface area contributed by atoms with Crippen LogP contribution < -0.4 is 10.5 Å². The summed E-state index contributed by atoms with van der Waals surface area (Å²) in [5.41, 5.74) is 7.55. The summed E-state index contributed by atoms with van der Waals surface area (Å²) in [7, 11) is 1.65. The second-order valence-corrected chi connectivity index (χ2v) is 8.24. The highest BCUT2D eigenvalue weighted by molar-refractivity contribution is 5.87. The second-order valence-electron chi connectivity index (χ2n) is 8.24. The molecule has 0 spiro atoms. The maximum absolute atomic E-state index is 12.8. The molecule has 2 amide bonds. The van der Waals surface area contributed by atoms with Gasteiger partial charge in [-0.15, -0.1) is 0 Å². The molecule has 2 fully saturated rings. The van der Waals surface area contributed by atoms with Crippen molar-refractivity contribution < 1.29 is 14.3 Å². The number of amides is 2. The van der Waals surface area contributed by atoms with Crippen LogP contribution in [0.15, 0.2) is 24.4 Å². The standard InChI is InChI=1S/C22H30N4O3/c1-29-18-6-7-20-19(11-18)17(14-26(20)15-21(23)27)13-24-8-4-5-16(12-24)22(28)25-9-2-3-10-25/h6-7,11,14,16H,2-5,8-10,12-13,15H2,1H3,(H2,23,27)/t16-/m0/s1. The van der Waals surface area contributed by atoms with Crippen LogP contribution >= 0.6 is 0 Å². The summed E-state index contributed by atoms with van der Waals surface area (Å²) >= 11 is 0. The SMILES string of the molecule is COc1ccc2c(c1)c(CN1CCC[C@H](C(=O)N3CCCC3)C1)cn2CC(N)=O. The van der Waals surface area contributed by atoms with Gasteiger partial charge in [0.25, 0.3) is 0 Å². The van der Waals surface area contributed by atoms with Crippen molar-refractivity contribution in [3.8, 4) is 5.75 Å². The average molecular weight is 399 g/mol. The van der Waals surface area contributed by atoms with E-state index in [9.17, 15) is 9.59 Å². The van der Waals surface area contributed by atoms with E-state index in [4.69, 9.17) is 10.5 Å². The Labute approximate surface area is 171 Å². The first-order valence-corrected chi connectivity index (χ1v) is 10.5. The molecule has 0 aliphatic carbocycles. The largest absolute Gasteiger partial charge is 0.497 e. The number of methoxy groups -OCH3 is 1. The van der Waals surface area contributed by atoms with Gasteiger partial charge in [0.2, 0.25) is 11.8 Å². The maximum Gasteiger partial charge on any atom is 0.237 e. The molecule has 2 aliphatic heterocycles. The number of hydrogen-bond acceptors (Lipinski definition) is 4. The zero-order valence-corrected chi connectivity index (χ0v) is 17.1. The number of carbonyl (C=O) groups excluding carboxylic acids is 2. The lowest BCUT2D eigenvalue weighted by atomic mass is 9.96. The summed E-state index contributed by atoms with van der Waals surface area (Å²) in [6, 6.07) is 5.88. The molecule has 29 heavy (non-hydrogen) atoms. The molecule has 7 nitrogen and oxygen atoms in total. The zero-order chi connectivity index (χ0) is 20.4. The zero-order valence-electron chi connectivity index (χ0n) is 17.1. The number of piperidine rings is 1. The van der Waals surface area contributed by atoms with Crippen molar-refractivity contribution in [1.82, 2.24) is 14.4 Å². The molecular formula is C22H30N4O3. The molecule has 2 N–H and O–H groups in total. The molecule has 1 aromatic heterocycles. The van der Waals surface area contributed by atoms with Gasteiger partial charge in [0.05, 0.1) is 13.0 Å². The number of hydrogen-bond donors (Lipinski definition) is 1. The fourth-order valence-electron chi connectivity index (χ4n) is 4.74. The van der Waals surface area contributed by atoms with E-state index in [1.807, 2.05) is 33.9 Å². The summed E-state index contributed by atoms with van der Waals surface area (Å²) in [4.78, 5) is 28.8. The van der Waals surface area contributed by atoms with Crippen molar-refractivity contribution in [2.24, 2.45) is 11.7 Å². The molecule has 3 heterocycles. The number of nitrogens with zero attached hydrogens (tertiary/aromatic N) is 3. The van der Waals surface area contributed by atoms with Crippen LogP contribution in [0.3, 0.4) is 0 Å². The molecular weight excluding hydrogens is 368 g/mol. The number of ether oxygens (including phenoxy) is 1. The number of primary amides is 1. The Morgan fingerprint density at radius 3 is 2.69 bits per heavy atom. The lowest BCUT2D eigenvalue weighted by Crippen LogP contribution is -2.43. The molecule has 2 saturated heterocycles. The van der Waals surface area contributed by atoms with Crippen LogP contribution in [0.5, 0.6) is 5.75 Å². The third kappa shape index (κ3) is 4.24. The van der Waals surface area contributed by atoms with E-state index in [0.29, 0.717) is 5.91 Å². The van der Waals surface area contributed by atoms with Crippen LogP contribution in [0.1, 0.15) is 31.2 Å². The Hall–Kier alpha value is -2.54. The van der Waals surface area contributed by atoms with Crippen LogP contribution in [-0.2, 0) is 22.7 Å². The molecule has 0 radical (unpaired) electrons. The number of carbonyl (C=O) groups is 2. The predicted octanol–water partition coefficient (Wildman–Crippen LogP) is 1.97. The third-order valence-electron chi connectivity index (χ3n) is 6.16. The molecule has 1 atom stereocenters. The van der Waals surface area contributed by atoms with Crippen molar-refractivity contribution >= 4 is 22.7 Å². The number of aromatic nitrogens is 1. The van der Waals surface area contributed by atoms with Crippen molar-refractivity contribution in [3.63, 3.8) is 0 Å². The molecule has 2 aromatic rings. The number of likely N-dealkylation sites (tertiary alicyclic amines) is 2. The normalized spacial score (nSPS) is 20.3. The molecule has 0 bridgehead atoms. The van der Waals surface area contributed by atoms with E-state index in [0.717, 1.165) is 80.6 Å². The van der Waals surface area contributed by atoms with Crippen LogP contribution in [0.25, 0.3) is 10.9 Å². The molecule has 0 unspecified atom stereocenters. The highest BCUT2D eigenvalue weighted by atomic mass is 16.5. The van der Waals surface area contributed by atoms with E-state index in [1.165, 1.54) is 0 Å². The number of fused-ring (bicyclic) bond motifs is 1. The minimum absolute atomic E-state index is 0.0929. The van der Waals surface area contributed by atoms with E-state index in [2.05, 4.69) is 4.90 Å². The minimum Gasteiger partial charge on any atom is -0.497 e. The Bertz CT molecular complexity index is 901. The fraction of sp³-hybridized carbons (Fsp3) is 0.545. The quantitative estimate of drug-likeness (QED) is 0.807. The lowest BCUT2D eigenvalue weighted by Gasteiger charge is -2.33. The molecule has 0 saturated carbocycles. The molecule has 2 aliphatic rings. The Kier molecular flexibility index (Phi) is 5.76. The molecule has 7 heteroatoms. The van der Waals surface area contributed by atoms with E-state index in [1.54, 1.807) is 7.11 Å². The van der Waals surface area contributed by atoms with Crippen molar-refractivity contribution in [3.05, 3.63) is 30.0 Å². The van der Waals surface area contributed by atoms with Crippen LogP contribution in [0.4, 0.5) is 0 Å². The summed E-state index contributed by atoms with van der Waals surface area (Å²) < 4.78 is 7.30. The van der Waals surface area contributed by atoms with Crippen molar-refractivity contribution in [2.45, 2.75) is 38.8 Å². The Morgan fingerprint density at radius 2 is 1.97 bits per heavy atom. The van der Waals surface area contributed by atoms with Gasteiger partial charge in [-0.3, -0.25) is 14.5 Å². The third-order valence-corrected chi connectivity index (χ3v) is 6.16. The summed E-state index contributed by atoms with van der Waals surface area (Å²) in [6.45, 7) is 4.50.